The summed E-state index contributed by atoms with van der Waals surface area (Å²) in [5.74, 6) is -0.322. The molecule has 142 valence electrons. The highest BCUT2D eigenvalue weighted by Crippen LogP contribution is 2.25. The van der Waals surface area contributed by atoms with E-state index in [1.807, 2.05) is 19.2 Å². The Hall–Kier alpha value is -2.08. The van der Waals surface area contributed by atoms with E-state index in [4.69, 9.17) is 23.2 Å². The second-order valence-corrected chi connectivity index (χ2v) is 7.65. The second-order valence-electron chi connectivity index (χ2n) is 6.87. The van der Waals surface area contributed by atoms with Crippen LogP contribution in [0.4, 0.5) is 5.69 Å². The Morgan fingerprint density at radius 1 is 1.11 bits per heavy atom. The third kappa shape index (κ3) is 5.45. The third-order valence-electron chi connectivity index (χ3n) is 4.34. The molecular weight excluding hydrogens is 385 g/mol. The molecule has 1 unspecified atom stereocenters. The Morgan fingerprint density at radius 3 is 2.59 bits per heavy atom. The number of halogens is 2. The number of likely N-dealkylation sites (N-methyl/N-ethyl adjacent to an activating group) is 1. The summed E-state index contributed by atoms with van der Waals surface area (Å²) >= 11 is 12.3. The highest BCUT2D eigenvalue weighted by molar-refractivity contribution is 6.42. The Kier molecular flexibility index (Phi) is 6.37. The van der Waals surface area contributed by atoms with Crippen LogP contribution in [0, 0.1) is 0 Å². The van der Waals surface area contributed by atoms with Gasteiger partial charge in [-0.1, -0.05) is 47.5 Å². The fraction of sp³-hybridized carbons (Fsp3) is 0.300. The largest absolute Gasteiger partial charge is 0.349 e. The summed E-state index contributed by atoms with van der Waals surface area (Å²) in [5, 5.41) is 6.81. The maximum Gasteiger partial charge on any atom is 0.279 e. The Labute approximate surface area is 168 Å². The summed E-state index contributed by atoms with van der Waals surface area (Å²) in [4.78, 5) is 25.7. The number of hydrogen-bond donors (Lipinski definition) is 3. The van der Waals surface area contributed by atoms with Crippen molar-refractivity contribution in [2.45, 2.75) is 25.4 Å². The summed E-state index contributed by atoms with van der Waals surface area (Å²) in [7, 11) is 1.91. The molecule has 5 nitrogen and oxygen atoms in total. The van der Waals surface area contributed by atoms with Crippen LogP contribution in [0.15, 0.2) is 42.5 Å². The van der Waals surface area contributed by atoms with Crippen molar-refractivity contribution < 1.29 is 14.5 Å². The third-order valence-corrected chi connectivity index (χ3v) is 5.20. The van der Waals surface area contributed by atoms with Gasteiger partial charge >= 0.3 is 0 Å². The maximum atomic E-state index is 12.5. The first-order chi connectivity index (χ1) is 12.9. The van der Waals surface area contributed by atoms with Gasteiger partial charge in [-0.15, -0.1) is 0 Å². The molecule has 1 atom stereocenters. The van der Waals surface area contributed by atoms with Gasteiger partial charge in [-0.2, -0.15) is 0 Å². The first-order valence-electron chi connectivity index (χ1n) is 8.88. The van der Waals surface area contributed by atoms with Crippen LogP contribution in [0.5, 0.6) is 0 Å². The molecule has 0 spiro atoms. The predicted octanol–water partition coefficient (Wildman–Crippen LogP) is 2.54. The highest BCUT2D eigenvalue weighted by atomic mass is 35.5. The molecule has 2 aromatic rings. The molecule has 7 heteroatoms. The summed E-state index contributed by atoms with van der Waals surface area (Å²) in [5.41, 5.74) is 1.89. The molecule has 0 saturated heterocycles. The van der Waals surface area contributed by atoms with Gasteiger partial charge in [-0.05, 0) is 31.0 Å². The minimum Gasteiger partial charge on any atom is -0.349 e. The van der Waals surface area contributed by atoms with Gasteiger partial charge in [-0.3, -0.25) is 9.59 Å². The monoisotopic (exact) mass is 406 g/mol. The van der Waals surface area contributed by atoms with Crippen LogP contribution in [-0.4, -0.2) is 31.4 Å². The van der Waals surface area contributed by atoms with Crippen molar-refractivity contribution in [1.29, 1.82) is 0 Å². The molecule has 2 amide bonds. The molecule has 2 aromatic carbocycles. The first kappa shape index (κ1) is 19.7. The molecule has 1 saturated carbocycles. The molecule has 1 fully saturated rings. The zero-order valence-corrected chi connectivity index (χ0v) is 16.5. The number of benzene rings is 2. The topological polar surface area (TPSA) is 62.6 Å². The lowest BCUT2D eigenvalue weighted by Crippen LogP contribution is -3.08. The number of carbonyl (C=O) groups excluding carboxylic acids is 2. The van der Waals surface area contributed by atoms with E-state index in [0.717, 1.165) is 23.3 Å². The van der Waals surface area contributed by atoms with Crippen LogP contribution < -0.4 is 15.5 Å². The van der Waals surface area contributed by atoms with Crippen molar-refractivity contribution in [2.75, 3.05) is 18.9 Å². The number of rotatable bonds is 7. The summed E-state index contributed by atoms with van der Waals surface area (Å²) in [6.45, 7) is 0.804. The van der Waals surface area contributed by atoms with Gasteiger partial charge in [0.25, 0.3) is 11.8 Å². The van der Waals surface area contributed by atoms with E-state index in [9.17, 15) is 9.59 Å². The van der Waals surface area contributed by atoms with Gasteiger partial charge in [-0.25, -0.2) is 0 Å². The zero-order chi connectivity index (χ0) is 19.4. The van der Waals surface area contributed by atoms with Crippen LogP contribution in [0.1, 0.15) is 28.8 Å². The molecule has 1 aliphatic rings. The van der Waals surface area contributed by atoms with E-state index < -0.39 is 0 Å². The van der Waals surface area contributed by atoms with Crippen molar-refractivity contribution in [2.24, 2.45) is 0 Å². The van der Waals surface area contributed by atoms with E-state index in [1.54, 1.807) is 30.3 Å². The van der Waals surface area contributed by atoms with Crippen molar-refractivity contribution >= 4 is 40.7 Å². The molecule has 27 heavy (non-hydrogen) atoms. The Balaban J connectivity index is 1.60. The molecule has 0 radical (unpaired) electrons. The molecule has 3 N–H and O–H groups in total. The van der Waals surface area contributed by atoms with Gasteiger partial charge in [0.1, 0.15) is 6.54 Å². The molecule has 0 aromatic heterocycles. The Morgan fingerprint density at radius 2 is 1.85 bits per heavy atom. The normalized spacial score (nSPS) is 14.5. The van der Waals surface area contributed by atoms with Crippen molar-refractivity contribution in [3.05, 3.63) is 63.6 Å². The van der Waals surface area contributed by atoms with E-state index in [-0.39, 0.29) is 24.4 Å². The number of nitrogens with one attached hydrogen (secondary N) is 3. The Bertz CT molecular complexity index is 853. The lowest BCUT2D eigenvalue weighted by Gasteiger charge is -2.16. The van der Waals surface area contributed by atoms with E-state index in [0.29, 0.717) is 27.8 Å². The van der Waals surface area contributed by atoms with Crippen molar-refractivity contribution in [3.63, 3.8) is 0 Å². The average molecular weight is 407 g/mol. The zero-order valence-electron chi connectivity index (χ0n) is 15.0. The summed E-state index contributed by atoms with van der Waals surface area (Å²) in [6, 6.07) is 12.8. The minimum atomic E-state index is -0.169. The lowest BCUT2D eigenvalue weighted by atomic mass is 10.1. The molecular formula is C20H22Cl2N3O2+. The fourth-order valence-corrected chi connectivity index (χ4v) is 3.21. The molecule has 1 aliphatic carbocycles. The van der Waals surface area contributed by atoms with Crippen LogP contribution in [0.25, 0.3) is 0 Å². The number of quaternary nitrogens is 1. The number of para-hydroxylation sites is 1. The molecule has 0 bridgehead atoms. The predicted molar refractivity (Wildman–Crippen MR) is 107 cm³/mol. The number of carbonyl (C=O) groups is 2. The fourth-order valence-electron chi connectivity index (χ4n) is 2.82. The SMILES string of the molecule is C[NH+](CC(=O)Nc1ccccc1C(=O)NC1CC1)Cc1cccc(Cl)c1Cl. The molecule has 0 aliphatic heterocycles. The van der Waals surface area contributed by atoms with Crippen LogP contribution in [-0.2, 0) is 11.3 Å². The lowest BCUT2D eigenvalue weighted by molar-refractivity contribution is -0.885. The van der Waals surface area contributed by atoms with E-state index in [2.05, 4.69) is 10.6 Å². The van der Waals surface area contributed by atoms with Crippen LogP contribution in [0.3, 0.4) is 0 Å². The van der Waals surface area contributed by atoms with Gasteiger partial charge in [0.05, 0.1) is 28.3 Å². The van der Waals surface area contributed by atoms with Crippen LogP contribution >= 0.6 is 23.2 Å². The van der Waals surface area contributed by atoms with Gasteiger partial charge in [0.15, 0.2) is 6.54 Å². The summed E-state index contributed by atoms with van der Waals surface area (Å²) < 4.78 is 0. The number of hydrogen-bond acceptors (Lipinski definition) is 2. The quantitative estimate of drug-likeness (QED) is 0.661. The van der Waals surface area contributed by atoms with E-state index >= 15 is 0 Å². The van der Waals surface area contributed by atoms with Crippen LogP contribution in [0.2, 0.25) is 10.0 Å². The van der Waals surface area contributed by atoms with E-state index in [1.165, 1.54) is 0 Å². The minimum absolute atomic E-state index is 0.153. The van der Waals surface area contributed by atoms with Crippen molar-refractivity contribution in [1.82, 2.24) is 5.32 Å². The van der Waals surface area contributed by atoms with Crippen molar-refractivity contribution in [3.8, 4) is 0 Å². The molecule has 0 heterocycles. The van der Waals surface area contributed by atoms with Gasteiger partial charge in [0, 0.05) is 11.6 Å². The second kappa shape index (κ2) is 8.74. The smallest absolute Gasteiger partial charge is 0.279 e. The standard InChI is InChI=1S/C20H21Cl2N3O2/c1-25(11-13-5-4-7-16(21)19(13)22)12-18(26)24-17-8-3-2-6-15(17)20(27)23-14-9-10-14/h2-8,14H,9-12H2,1H3,(H,23,27)(H,24,26)/p+1. The number of amides is 2. The average Bonchev–Trinajstić information content (AvgIpc) is 3.43. The number of anilines is 1. The van der Waals surface area contributed by atoms with Gasteiger partial charge in [0.2, 0.25) is 0 Å². The highest BCUT2D eigenvalue weighted by Gasteiger charge is 2.25. The van der Waals surface area contributed by atoms with Gasteiger partial charge < -0.3 is 15.5 Å². The first-order valence-corrected chi connectivity index (χ1v) is 9.63. The summed E-state index contributed by atoms with van der Waals surface area (Å²) in [6.07, 6.45) is 2.03. The molecule has 3 rings (SSSR count). The maximum absolute atomic E-state index is 12.5.